The Morgan fingerprint density at radius 2 is 2.04 bits per heavy atom. The summed E-state index contributed by atoms with van der Waals surface area (Å²) in [6.45, 7) is 3.68. The van der Waals surface area contributed by atoms with Crippen LogP contribution in [0.5, 0.6) is 0 Å². The van der Waals surface area contributed by atoms with E-state index < -0.39 is 5.97 Å². The minimum absolute atomic E-state index is 0.244. The molecule has 0 spiro atoms. The summed E-state index contributed by atoms with van der Waals surface area (Å²) >= 11 is 5.21. The van der Waals surface area contributed by atoms with E-state index in [-0.39, 0.29) is 6.42 Å². The standard InChI is InChI=1S/C20H33NO4S/c1-2-3-13-21-20(26)24-14-12-16-15(17-10-11-18(16)25-17)8-6-4-5-7-9-19(22)23/h4,6,15-18H,2-3,5,7-14H2,1H3,(H,21,26)(H,22,23)/t15-,16-,17-,18+/m1/s1. The van der Waals surface area contributed by atoms with Gasteiger partial charge in [0, 0.05) is 13.0 Å². The first-order valence-corrected chi connectivity index (χ1v) is 10.5. The molecule has 2 bridgehead atoms. The van der Waals surface area contributed by atoms with E-state index in [9.17, 15) is 4.79 Å². The zero-order valence-corrected chi connectivity index (χ0v) is 16.6. The topological polar surface area (TPSA) is 67.8 Å². The lowest BCUT2D eigenvalue weighted by atomic mass is 9.76. The monoisotopic (exact) mass is 383 g/mol. The highest BCUT2D eigenvalue weighted by Crippen LogP contribution is 2.46. The van der Waals surface area contributed by atoms with Gasteiger partial charge in [0.1, 0.15) is 0 Å². The number of ether oxygens (including phenoxy) is 2. The summed E-state index contributed by atoms with van der Waals surface area (Å²) in [5.41, 5.74) is 0. The van der Waals surface area contributed by atoms with Gasteiger partial charge in [-0.25, -0.2) is 0 Å². The molecule has 2 N–H and O–H groups in total. The van der Waals surface area contributed by atoms with Gasteiger partial charge in [-0.15, -0.1) is 0 Å². The summed E-state index contributed by atoms with van der Waals surface area (Å²) in [7, 11) is 0. The van der Waals surface area contributed by atoms with E-state index in [4.69, 9.17) is 26.8 Å². The number of unbranched alkanes of at least 4 members (excludes halogenated alkanes) is 2. The van der Waals surface area contributed by atoms with Gasteiger partial charge in [-0.3, -0.25) is 4.79 Å². The first kappa shape index (κ1) is 21.2. The van der Waals surface area contributed by atoms with E-state index in [1.165, 1.54) is 0 Å². The second-order valence-electron chi connectivity index (χ2n) is 7.32. The van der Waals surface area contributed by atoms with Gasteiger partial charge in [0.25, 0.3) is 5.17 Å². The van der Waals surface area contributed by atoms with Crippen molar-refractivity contribution in [3.05, 3.63) is 12.2 Å². The van der Waals surface area contributed by atoms with Crippen molar-refractivity contribution in [2.45, 2.75) is 76.9 Å². The molecule has 2 heterocycles. The number of fused-ring (bicyclic) bond motifs is 2. The number of aliphatic carboxylic acids is 1. The maximum atomic E-state index is 10.5. The van der Waals surface area contributed by atoms with E-state index in [0.717, 1.165) is 51.5 Å². The number of thiocarbonyl (C=S) groups is 1. The lowest BCUT2D eigenvalue weighted by Gasteiger charge is -2.27. The second-order valence-corrected chi connectivity index (χ2v) is 7.69. The Balaban J connectivity index is 1.68. The lowest BCUT2D eigenvalue weighted by Crippen LogP contribution is -2.30. The molecule has 0 aromatic rings. The Hall–Kier alpha value is -1.14. The fraction of sp³-hybridized carbons (Fsp3) is 0.800. The van der Waals surface area contributed by atoms with E-state index >= 15 is 0 Å². The first-order chi connectivity index (χ1) is 12.6. The Morgan fingerprint density at radius 1 is 1.27 bits per heavy atom. The summed E-state index contributed by atoms with van der Waals surface area (Å²) in [5.74, 6) is 0.368. The molecule has 148 valence electrons. The minimum Gasteiger partial charge on any atom is -0.481 e. The molecule has 0 aromatic carbocycles. The minimum atomic E-state index is -0.720. The predicted molar refractivity (Wildman–Crippen MR) is 106 cm³/mol. The Morgan fingerprint density at radius 3 is 2.77 bits per heavy atom. The van der Waals surface area contributed by atoms with Crippen LogP contribution in [0.2, 0.25) is 0 Å². The summed E-state index contributed by atoms with van der Waals surface area (Å²) in [4.78, 5) is 10.5. The summed E-state index contributed by atoms with van der Waals surface area (Å²) in [6.07, 6.45) is 13.4. The molecule has 6 heteroatoms. The Kier molecular flexibility index (Phi) is 9.40. The van der Waals surface area contributed by atoms with Crippen LogP contribution < -0.4 is 5.32 Å². The molecule has 2 saturated heterocycles. The number of carboxylic acids is 1. The molecule has 26 heavy (non-hydrogen) atoms. The molecule has 0 aliphatic carbocycles. The van der Waals surface area contributed by atoms with Gasteiger partial charge in [0.15, 0.2) is 0 Å². The number of carbonyl (C=O) groups is 1. The van der Waals surface area contributed by atoms with Gasteiger partial charge < -0.3 is 19.9 Å². The summed E-state index contributed by atoms with van der Waals surface area (Å²) < 4.78 is 11.8. The average molecular weight is 384 g/mol. The fourth-order valence-electron chi connectivity index (χ4n) is 4.05. The van der Waals surface area contributed by atoms with Crippen LogP contribution in [0.15, 0.2) is 12.2 Å². The normalized spacial score (nSPS) is 27.1. The summed E-state index contributed by atoms with van der Waals surface area (Å²) in [6, 6.07) is 0. The summed E-state index contributed by atoms with van der Waals surface area (Å²) in [5, 5.41) is 12.3. The van der Waals surface area contributed by atoms with Crippen LogP contribution in [0.3, 0.4) is 0 Å². The van der Waals surface area contributed by atoms with Crippen LogP contribution in [-0.2, 0) is 14.3 Å². The number of carboxylic acid groups (broad SMARTS) is 1. The van der Waals surface area contributed by atoms with E-state index in [1.54, 1.807) is 0 Å². The van der Waals surface area contributed by atoms with Crippen molar-refractivity contribution in [3.63, 3.8) is 0 Å². The highest BCUT2D eigenvalue weighted by molar-refractivity contribution is 7.80. The molecule has 5 nitrogen and oxygen atoms in total. The first-order valence-electron chi connectivity index (χ1n) is 10.0. The van der Waals surface area contributed by atoms with Crippen molar-refractivity contribution in [1.29, 1.82) is 0 Å². The third-order valence-electron chi connectivity index (χ3n) is 5.41. The molecule has 4 atom stereocenters. The molecule has 2 fully saturated rings. The van der Waals surface area contributed by atoms with Crippen molar-refractivity contribution in [2.24, 2.45) is 11.8 Å². The molecule has 2 rings (SSSR count). The van der Waals surface area contributed by atoms with Crippen LogP contribution in [0, 0.1) is 11.8 Å². The largest absolute Gasteiger partial charge is 0.481 e. The van der Waals surface area contributed by atoms with E-state index in [2.05, 4.69) is 24.4 Å². The fourth-order valence-corrected chi connectivity index (χ4v) is 4.23. The van der Waals surface area contributed by atoms with Gasteiger partial charge in [0.05, 0.1) is 18.8 Å². The molecular weight excluding hydrogens is 350 g/mol. The molecule has 2 aliphatic heterocycles. The second kappa shape index (κ2) is 11.5. The number of hydrogen-bond donors (Lipinski definition) is 2. The highest BCUT2D eigenvalue weighted by atomic mass is 32.1. The van der Waals surface area contributed by atoms with Crippen molar-refractivity contribution in [3.8, 4) is 0 Å². The van der Waals surface area contributed by atoms with Crippen molar-refractivity contribution < 1.29 is 19.4 Å². The van der Waals surface area contributed by atoms with Crippen LogP contribution in [-0.4, -0.2) is 41.6 Å². The molecule has 2 aliphatic rings. The zero-order valence-electron chi connectivity index (χ0n) is 15.8. The molecule has 0 unspecified atom stereocenters. The van der Waals surface area contributed by atoms with E-state index in [1.807, 2.05) is 0 Å². The van der Waals surface area contributed by atoms with Gasteiger partial charge in [-0.05, 0) is 69.0 Å². The SMILES string of the molecule is CCCCNC(=S)OCC[C@@H]1[C@@H](CC=CCCCC(=O)O)[C@H]2CC[C@@H]1O2. The van der Waals surface area contributed by atoms with E-state index in [0.29, 0.717) is 42.2 Å². The van der Waals surface area contributed by atoms with Gasteiger partial charge >= 0.3 is 5.97 Å². The van der Waals surface area contributed by atoms with Crippen molar-refractivity contribution >= 4 is 23.4 Å². The number of nitrogens with one attached hydrogen (secondary N) is 1. The van der Waals surface area contributed by atoms with Gasteiger partial charge in [-0.2, -0.15) is 0 Å². The van der Waals surface area contributed by atoms with Gasteiger partial charge in [0.2, 0.25) is 0 Å². The van der Waals surface area contributed by atoms with Crippen LogP contribution in [0.4, 0.5) is 0 Å². The maximum Gasteiger partial charge on any atom is 0.303 e. The molecule has 0 radical (unpaired) electrons. The number of rotatable bonds is 12. The molecular formula is C20H33NO4S. The smallest absolute Gasteiger partial charge is 0.303 e. The number of allylic oxidation sites excluding steroid dienone is 2. The predicted octanol–water partition coefficient (Wildman–Crippen LogP) is 4.06. The molecule has 0 aromatic heterocycles. The lowest BCUT2D eigenvalue weighted by molar-refractivity contribution is -0.137. The number of hydrogen-bond acceptors (Lipinski definition) is 4. The van der Waals surface area contributed by atoms with Crippen LogP contribution in [0.25, 0.3) is 0 Å². The average Bonchev–Trinajstić information content (AvgIpc) is 3.20. The maximum absolute atomic E-state index is 10.5. The van der Waals surface area contributed by atoms with Crippen LogP contribution >= 0.6 is 12.2 Å². The third-order valence-corrected chi connectivity index (χ3v) is 5.67. The molecule has 0 saturated carbocycles. The van der Waals surface area contributed by atoms with Crippen molar-refractivity contribution in [2.75, 3.05) is 13.2 Å². The third kappa shape index (κ3) is 6.88. The van der Waals surface area contributed by atoms with Gasteiger partial charge in [-0.1, -0.05) is 25.5 Å². The molecule has 0 amide bonds. The Labute approximate surface area is 162 Å². The van der Waals surface area contributed by atoms with Crippen LogP contribution in [0.1, 0.15) is 64.7 Å². The Bertz CT molecular complexity index is 482. The zero-order chi connectivity index (χ0) is 18.8. The quantitative estimate of drug-likeness (QED) is 0.301. The highest BCUT2D eigenvalue weighted by Gasteiger charge is 2.47. The van der Waals surface area contributed by atoms with Crippen molar-refractivity contribution in [1.82, 2.24) is 5.32 Å².